The van der Waals surface area contributed by atoms with Gasteiger partial charge in [-0.05, 0) is 57.6 Å². The molecule has 0 unspecified atom stereocenters. The molecule has 0 radical (unpaired) electrons. The average molecular weight is 378 g/mol. The zero-order chi connectivity index (χ0) is 18.9. The highest BCUT2D eigenvalue weighted by Gasteiger charge is 2.42. The van der Waals surface area contributed by atoms with Crippen molar-refractivity contribution in [2.45, 2.75) is 64.5 Å². The molecule has 1 saturated carbocycles. The van der Waals surface area contributed by atoms with Crippen LogP contribution < -0.4 is 5.32 Å². The number of carbonyl (C=O) groups excluding carboxylic acids is 2. The van der Waals surface area contributed by atoms with E-state index in [0.717, 1.165) is 19.3 Å². The van der Waals surface area contributed by atoms with Gasteiger partial charge in [0.1, 0.15) is 11.2 Å². The van der Waals surface area contributed by atoms with Crippen LogP contribution in [0.15, 0.2) is 18.3 Å². The summed E-state index contributed by atoms with van der Waals surface area (Å²) in [5.41, 5.74) is 0.169. The van der Waals surface area contributed by atoms with Gasteiger partial charge in [0.25, 0.3) is 5.91 Å². The average Bonchev–Trinajstić information content (AvgIpc) is 2.58. The third-order valence-electron chi connectivity index (χ3n) is 5.44. The molecule has 5 nitrogen and oxygen atoms in total. The molecule has 1 aliphatic carbocycles. The number of fused-ring (bicyclic) bond motifs is 1. The number of nitrogens with one attached hydrogen (secondary N) is 1. The highest BCUT2D eigenvalue weighted by molar-refractivity contribution is 6.29. The van der Waals surface area contributed by atoms with E-state index in [1.54, 1.807) is 17.0 Å². The number of aromatic nitrogens is 1. The van der Waals surface area contributed by atoms with Gasteiger partial charge in [-0.3, -0.25) is 9.59 Å². The van der Waals surface area contributed by atoms with Crippen molar-refractivity contribution < 1.29 is 9.59 Å². The van der Waals surface area contributed by atoms with Crippen molar-refractivity contribution in [3.8, 4) is 0 Å². The normalized spacial score (nSPS) is 26.2. The molecule has 2 fully saturated rings. The van der Waals surface area contributed by atoms with Crippen molar-refractivity contribution in [3.63, 3.8) is 0 Å². The van der Waals surface area contributed by atoms with Crippen LogP contribution in [0.25, 0.3) is 0 Å². The molecular weight excluding hydrogens is 350 g/mol. The minimum absolute atomic E-state index is 0.0602. The van der Waals surface area contributed by atoms with Crippen LogP contribution >= 0.6 is 11.6 Å². The molecule has 1 aromatic heterocycles. The number of hydrogen-bond donors (Lipinski definition) is 1. The van der Waals surface area contributed by atoms with E-state index in [-0.39, 0.29) is 17.4 Å². The van der Waals surface area contributed by atoms with Crippen LogP contribution in [0.4, 0.5) is 0 Å². The number of pyridine rings is 1. The Balaban J connectivity index is 1.87. The topological polar surface area (TPSA) is 62.3 Å². The summed E-state index contributed by atoms with van der Waals surface area (Å²) < 4.78 is 0. The van der Waals surface area contributed by atoms with E-state index in [4.69, 9.17) is 11.6 Å². The largest absolute Gasteiger partial charge is 0.350 e. The molecule has 142 valence electrons. The third-order valence-corrected chi connectivity index (χ3v) is 5.64. The van der Waals surface area contributed by atoms with Crippen LogP contribution in [0.1, 0.15) is 63.2 Å². The summed E-state index contributed by atoms with van der Waals surface area (Å²) in [6.07, 6.45) is 7.02. The Kier molecular flexibility index (Phi) is 5.56. The quantitative estimate of drug-likeness (QED) is 0.800. The van der Waals surface area contributed by atoms with Crippen LogP contribution in [-0.4, -0.2) is 39.8 Å². The second-order valence-corrected chi connectivity index (χ2v) is 9.01. The van der Waals surface area contributed by atoms with Gasteiger partial charge in [0.15, 0.2) is 0 Å². The van der Waals surface area contributed by atoms with Gasteiger partial charge in [-0.15, -0.1) is 0 Å². The Morgan fingerprint density at radius 2 is 1.92 bits per heavy atom. The zero-order valence-electron chi connectivity index (χ0n) is 15.8. The molecule has 1 N–H and O–H groups in total. The maximum atomic E-state index is 13.2. The van der Waals surface area contributed by atoms with Crippen molar-refractivity contribution in [2.24, 2.45) is 11.8 Å². The molecule has 6 heteroatoms. The molecule has 0 spiro atoms. The SMILES string of the molecule is CC(C)(C)NC(=O)[C@@H]1C[C@@H]2CCCC[C@H]2CN1C(=O)c1ccnc(Cl)c1. The molecular formula is C20H28ClN3O2. The molecule has 0 aromatic carbocycles. The third kappa shape index (κ3) is 4.37. The Hall–Kier alpha value is -1.62. The molecule has 1 saturated heterocycles. The molecule has 3 rings (SSSR count). The summed E-state index contributed by atoms with van der Waals surface area (Å²) in [6.45, 7) is 6.54. The van der Waals surface area contributed by atoms with Gasteiger partial charge in [0.2, 0.25) is 5.91 Å². The minimum atomic E-state index is -0.423. The van der Waals surface area contributed by atoms with Crippen LogP contribution in [0, 0.1) is 11.8 Å². The second-order valence-electron chi connectivity index (χ2n) is 8.62. The monoisotopic (exact) mass is 377 g/mol. The lowest BCUT2D eigenvalue weighted by molar-refractivity contribution is -0.130. The summed E-state index contributed by atoms with van der Waals surface area (Å²) in [5, 5.41) is 3.35. The predicted octanol–water partition coefficient (Wildman–Crippen LogP) is 3.67. The zero-order valence-corrected chi connectivity index (χ0v) is 16.6. The van der Waals surface area contributed by atoms with Gasteiger partial charge in [-0.25, -0.2) is 4.98 Å². The molecule has 1 aliphatic heterocycles. The molecule has 0 bridgehead atoms. The van der Waals surface area contributed by atoms with E-state index in [0.29, 0.717) is 29.1 Å². The van der Waals surface area contributed by atoms with Gasteiger partial charge in [0.05, 0.1) is 0 Å². The van der Waals surface area contributed by atoms with Crippen molar-refractivity contribution in [1.82, 2.24) is 15.2 Å². The van der Waals surface area contributed by atoms with E-state index in [1.165, 1.54) is 19.0 Å². The van der Waals surface area contributed by atoms with Crippen molar-refractivity contribution >= 4 is 23.4 Å². The molecule has 1 aromatic rings. The van der Waals surface area contributed by atoms with Gasteiger partial charge in [-0.1, -0.05) is 30.9 Å². The lowest BCUT2D eigenvalue weighted by atomic mass is 9.72. The van der Waals surface area contributed by atoms with Crippen molar-refractivity contribution in [1.29, 1.82) is 0 Å². The number of hydrogen-bond acceptors (Lipinski definition) is 3. The number of carbonyl (C=O) groups is 2. The number of rotatable bonds is 2. The van der Waals surface area contributed by atoms with E-state index >= 15 is 0 Å². The molecule has 2 heterocycles. The molecule has 2 amide bonds. The first-order valence-corrected chi connectivity index (χ1v) is 9.87. The maximum Gasteiger partial charge on any atom is 0.254 e. The van der Waals surface area contributed by atoms with E-state index in [1.807, 2.05) is 20.8 Å². The number of likely N-dealkylation sites (tertiary alicyclic amines) is 1. The van der Waals surface area contributed by atoms with Gasteiger partial charge in [0, 0.05) is 23.8 Å². The number of halogens is 1. The Morgan fingerprint density at radius 1 is 1.23 bits per heavy atom. The first-order chi connectivity index (χ1) is 12.2. The summed E-state index contributed by atoms with van der Waals surface area (Å²) >= 11 is 5.96. The molecule has 3 atom stereocenters. The Morgan fingerprint density at radius 3 is 2.58 bits per heavy atom. The van der Waals surface area contributed by atoms with Crippen LogP contribution in [0.2, 0.25) is 5.15 Å². The summed E-state index contributed by atoms with van der Waals surface area (Å²) in [7, 11) is 0. The lowest BCUT2D eigenvalue weighted by Gasteiger charge is -2.46. The number of amides is 2. The smallest absolute Gasteiger partial charge is 0.254 e. The van der Waals surface area contributed by atoms with Crippen molar-refractivity contribution in [3.05, 3.63) is 29.0 Å². The highest BCUT2D eigenvalue weighted by Crippen LogP contribution is 2.39. The number of nitrogens with zero attached hydrogens (tertiary/aromatic N) is 2. The highest BCUT2D eigenvalue weighted by atomic mass is 35.5. The van der Waals surface area contributed by atoms with E-state index < -0.39 is 6.04 Å². The van der Waals surface area contributed by atoms with Crippen LogP contribution in [-0.2, 0) is 4.79 Å². The summed E-state index contributed by atoms with van der Waals surface area (Å²) in [4.78, 5) is 31.8. The molecule has 2 aliphatic rings. The lowest BCUT2D eigenvalue weighted by Crippen LogP contribution is -2.59. The predicted molar refractivity (Wildman–Crippen MR) is 102 cm³/mol. The fourth-order valence-corrected chi connectivity index (χ4v) is 4.43. The van der Waals surface area contributed by atoms with Gasteiger partial charge in [-0.2, -0.15) is 0 Å². The van der Waals surface area contributed by atoms with Gasteiger partial charge >= 0.3 is 0 Å². The maximum absolute atomic E-state index is 13.2. The fourth-order valence-electron chi connectivity index (χ4n) is 4.26. The van der Waals surface area contributed by atoms with E-state index in [2.05, 4.69) is 10.3 Å². The Labute approximate surface area is 160 Å². The summed E-state index contributed by atoms with van der Waals surface area (Å²) in [6, 6.07) is 2.82. The van der Waals surface area contributed by atoms with Crippen molar-refractivity contribution in [2.75, 3.05) is 6.54 Å². The Bertz CT molecular complexity index is 686. The second kappa shape index (κ2) is 7.55. The van der Waals surface area contributed by atoms with E-state index in [9.17, 15) is 9.59 Å². The standard InChI is InChI=1S/C20H28ClN3O2/c1-20(2,3)23-18(25)16-10-13-6-4-5-7-15(13)12-24(16)19(26)14-8-9-22-17(21)11-14/h8-9,11,13,15-16H,4-7,10,12H2,1-3H3,(H,23,25)/t13-,15-,16-/m0/s1. The first kappa shape index (κ1) is 19.2. The van der Waals surface area contributed by atoms with Crippen LogP contribution in [0.5, 0.6) is 0 Å². The molecule has 26 heavy (non-hydrogen) atoms. The van der Waals surface area contributed by atoms with Crippen LogP contribution in [0.3, 0.4) is 0 Å². The first-order valence-electron chi connectivity index (χ1n) is 9.49. The van der Waals surface area contributed by atoms with Gasteiger partial charge < -0.3 is 10.2 Å². The number of piperidine rings is 1. The fraction of sp³-hybridized carbons (Fsp3) is 0.650. The minimum Gasteiger partial charge on any atom is -0.350 e. The summed E-state index contributed by atoms with van der Waals surface area (Å²) in [5.74, 6) is 0.829.